The number of likely N-dealkylation sites (tertiary alicyclic amines) is 1. The molecule has 0 amide bonds. The highest BCUT2D eigenvalue weighted by atomic mass is 127. The van der Waals surface area contributed by atoms with Gasteiger partial charge in [0, 0.05) is 32.2 Å². The maximum Gasteiger partial charge on any atom is 0.191 e. The molecule has 0 saturated carbocycles. The number of halogens is 1. The van der Waals surface area contributed by atoms with Crippen LogP contribution >= 0.6 is 24.0 Å². The Hall–Kier alpha value is -1.35. The van der Waals surface area contributed by atoms with Crippen molar-refractivity contribution in [1.29, 1.82) is 0 Å². The number of aryl methyl sites for hydroxylation is 1. The summed E-state index contributed by atoms with van der Waals surface area (Å²) in [6.07, 6.45) is 6.96. The van der Waals surface area contributed by atoms with E-state index >= 15 is 0 Å². The van der Waals surface area contributed by atoms with E-state index in [2.05, 4.69) is 62.1 Å². The van der Waals surface area contributed by atoms with Gasteiger partial charge in [-0.25, -0.2) is 4.98 Å². The number of benzene rings is 1. The van der Waals surface area contributed by atoms with E-state index in [9.17, 15) is 0 Å². The minimum Gasteiger partial charge on any atom is -0.356 e. The molecule has 2 heterocycles. The number of aromatic nitrogens is 2. The molecule has 0 aliphatic carbocycles. The molecule has 0 unspecified atom stereocenters. The second-order valence-corrected chi connectivity index (χ2v) is 7.99. The highest BCUT2D eigenvalue weighted by Gasteiger charge is 2.27. The number of rotatable bonds is 7. The smallest absolute Gasteiger partial charge is 0.191 e. The predicted octanol–water partition coefficient (Wildman–Crippen LogP) is 3.47. The average molecular weight is 498 g/mol. The maximum atomic E-state index is 4.45. The molecule has 156 valence electrons. The van der Waals surface area contributed by atoms with Gasteiger partial charge in [-0.05, 0) is 58.3 Å². The zero-order chi connectivity index (χ0) is 19.1. The Bertz CT molecular complexity index is 748. The number of piperidine rings is 1. The molecule has 2 aromatic rings. The first-order chi connectivity index (χ1) is 13.1. The van der Waals surface area contributed by atoms with Crippen LogP contribution in [0.2, 0.25) is 0 Å². The quantitative estimate of drug-likeness (QED) is 0.266. The first-order valence-corrected chi connectivity index (χ1v) is 10.2. The molecular formula is C21H35IN6. The molecule has 0 atom stereocenters. The third-order valence-electron chi connectivity index (χ3n) is 5.52. The van der Waals surface area contributed by atoms with Crippen LogP contribution in [0.25, 0.3) is 11.0 Å². The number of imidazole rings is 1. The lowest BCUT2D eigenvalue weighted by atomic mass is 9.98. The minimum absolute atomic E-state index is 0. The van der Waals surface area contributed by atoms with Crippen LogP contribution in [0, 0.1) is 0 Å². The van der Waals surface area contributed by atoms with Gasteiger partial charge in [-0.2, -0.15) is 0 Å². The summed E-state index contributed by atoms with van der Waals surface area (Å²) in [4.78, 5) is 11.4. The van der Waals surface area contributed by atoms with Gasteiger partial charge in [0.2, 0.25) is 0 Å². The van der Waals surface area contributed by atoms with Crippen LogP contribution in [0.3, 0.4) is 0 Å². The molecule has 1 aromatic carbocycles. The number of hydrogen-bond acceptors (Lipinski definition) is 3. The van der Waals surface area contributed by atoms with E-state index in [1.807, 2.05) is 19.4 Å². The highest BCUT2D eigenvalue weighted by Crippen LogP contribution is 2.19. The number of para-hydroxylation sites is 2. The van der Waals surface area contributed by atoms with Gasteiger partial charge in [0.1, 0.15) is 0 Å². The molecule has 28 heavy (non-hydrogen) atoms. The number of guanidine groups is 1. The fraction of sp³-hybridized carbons (Fsp3) is 0.619. The molecule has 1 fully saturated rings. The Labute approximate surface area is 186 Å². The molecule has 0 spiro atoms. The normalized spacial score (nSPS) is 16.0. The molecule has 6 nitrogen and oxygen atoms in total. The van der Waals surface area contributed by atoms with E-state index in [0.29, 0.717) is 0 Å². The molecule has 3 rings (SSSR count). The first kappa shape index (κ1) is 22.9. The van der Waals surface area contributed by atoms with Gasteiger partial charge in [-0.1, -0.05) is 18.6 Å². The van der Waals surface area contributed by atoms with Gasteiger partial charge in [0.25, 0.3) is 0 Å². The SMILES string of the molecule is CN=C(NCCCn1cnc2ccccc21)NCC(C)(C)N1CCCCC1.I. The van der Waals surface area contributed by atoms with Crippen molar-refractivity contribution in [3.05, 3.63) is 30.6 Å². The van der Waals surface area contributed by atoms with Gasteiger partial charge in [0.05, 0.1) is 17.4 Å². The zero-order valence-corrected chi connectivity index (χ0v) is 19.8. The van der Waals surface area contributed by atoms with Crippen molar-refractivity contribution in [1.82, 2.24) is 25.1 Å². The average Bonchev–Trinajstić information content (AvgIpc) is 3.11. The van der Waals surface area contributed by atoms with Crippen molar-refractivity contribution >= 4 is 41.0 Å². The minimum atomic E-state index is 0. The van der Waals surface area contributed by atoms with Crippen molar-refractivity contribution in [2.45, 2.75) is 51.6 Å². The van der Waals surface area contributed by atoms with E-state index in [0.717, 1.165) is 37.5 Å². The topological polar surface area (TPSA) is 57.5 Å². The van der Waals surface area contributed by atoms with Crippen LogP contribution in [-0.4, -0.2) is 59.2 Å². The Morgan fingerprint density at radius 3 is 2.64 bits per heavy atom. The van der Waals surface area contributed by atoms with Gasteiger partial charge in [-0.15, -0.1) is 24.0 Å². The Morgan fingerprint density at radius 1 is 1.14 bits per heavy atom. The van der Waals surface area contributed by atoms with Gasteiger partial charge < -0.3 is 15.2 Å². The largest absolute Gasteiger partial charge is 0.356 e. The lowest BCUT2D eigenvalue weighted by Crippen LogP contribution is -2.54. The highest BCUT2D eigenvalue weighted by molar-refractivity contribution is 14.0. The van der Waals surface area contributed by atoms with Crippen molar-refractivity contribution in [3.63, 3.8) is 0 Å². The first-order valence-electron chi connectivity index (χ1n) is 10.2. The van der Waals surface area contributed by atoms with Crippen molar-refractivity contribution in [3.8, 4) is 0 Å². The molecule has 1 aromatic heterocycles. The van der Waals surface area contributed by atoms with Gasteiger partial charge >= 0.3 is 0 Å². The summed E-state index contributed by atoms with van der Waals surface area (Å²) < 4.78 is 2.21. The summed E-state index contributed by atoms with van der Waals surface area (Å²) in [5.41, 5.74) is 2.40. The van der Waals surface area contributed by atoms with E-state index in [1.165, 1.54) is 37.9 Å². The second kappa shape index (κ2) is 11.0. The molecule has 7 heteroatoms. The van der Waals surface area contributed by atoms with E-state index in [4.69, 9.17) is 0 Å². The van der Waals surface area contributed by atoms with Crippen molar-refractivity contribution in [2.24, 2.45) is 4.99 Å². The monoisotopic (exact) mass is 498 g/mol. The number of nitrogens with zero attached hydrogens (tertiary/aromatic N) is 4. The van der Waals surface area contributed by atoms with Crippen molar-refractivity contribution < 1.29 is 0 Å². The molecule has 2 N–H and O–H groups in total. The number of nitrogens with one attached hydrogen (secondary N) is 2. The lowest BCUT2D eigenvalue weighted by molar-refractivity contribution is 0.0982. The maximum absolute atomic E-state index is 4.45. The third kappa shape index (κ3) is 6.07. The molecule has 1 aliphatic rings. The lowest BCUT2D eigenvalue weighted by Gasteiger charge is -2.41. The number of hydrogen-bond donors (Lipinski definition) is 2. The van der Waals surface area contributed by atoms with E-state index in [1.54, 1.807) is 0 Å². The summed E-state index contributed by atoms with van der Waals surface area (Å²) in [6, 6.07) is 8.27. The van der Waals surface area contributed by atoms with E-state index in [-0.39, 0.29) is 29.5 Å². The van der Waals surface area contributed by atoms with Crippen LogP contribution in [-0.2, 0) is 6.54 Å². The summed E-state index contributed by atoms with van der Waals surface area (Å²) >= 11 is 0. The summed E-state index contributed by atoms with van der Waals surface area (Å²) in [5.74, 6) is 0.885. The van der Waals surface area contributed by atoms with Crippen molar-refractivity contribution in [2.75, 3.05) is 33.2 Å². The summed E-state index contributed by atoms with van der Waals surface area (Å²) in [7, 11) is 1.84. The standard InChI is InChI=1S/C21H34N6.HI/c1-21(2,27-14-7-4-8-15-27)16-24-20(22-3)23-12-9-13-26-17-25-18-10-5-6-11-19(18)26;/h5-6,10-11,17H,4,7-9,12-16H2,1-3H3,(H2,22,23,24);1H. The van der Waals surface area contributed by atoms with Gasteiger partial charge in [-0.3, -0.25) is 9.89 Å². The van der Waals surface area contributed by atoms with Crippen LogP contribution < -0.4 is 10.6 Å². The predicted molar refractivity (Wildman–Crippen MR) is 129 cm³/mol. The number of aliphatic imine (C=N–C) groups is 1. The third-order valence-corrected chi connectivity index (χ3v) is 5.52. The Kier molecular flexibility index (Phi) is 9.01. The summed E-state index contributed by atoms with van der Waals surface area (Å²) in [6.45, 7) is 9.80. The summed E-state index contributed by atoms with van der Waals surface area (Å²) in [5, 5.41) is 6.95. The van der Waals surface area contributed by atoms with Crippen LogP contribution in [0.4, 0.5) is 0 Å². The van der Waals surface area contributed by atoms with Crippen LogP contribution in [0.1, 0.15) is 39.5 Å². The van der Waals surface area contributed by atoms with Crippen LogP contribution in [0.15, 0.2) is 35.6 Å². The Morgan fingerprint density at radius 2 is 1.89 bits per heavy atom. The fourth-order valence-corrected chi connectivity index (χ4v) is 3.78. The zero-order valence-electron chi connectivity index (χ0n) is 17.4. The van der Waals surface area contributed by atoms with Crippen LogP contribution in [0.5, 0.6) is 0 Å². The molecule has 1 aliphatic heterocycles. The van der Waals surface area contributed by atoms with Gasteiger partial charge in [0.15, 0.2) is 5.96 Å². The molecule has 0 bridgehead atoms. The Balaban J connectivity index is 0.00000280. The van der Waals surface area contributed by atoms with E-state index < -0.39 is 0 Å². The molecule has 1 saturated heterocycles. The molecular weight excluding hydrogens is 463 g/mol. The number of fused-ring (bicyclic) bond motifs is 1. The molecule has 0 radical (unpaired) electrons. The second-order valence-electron chi connectivity index (χ2n) is 7.99. The fourth-order valence-electron chi connectivity index (χ4n) is 3.78.